The number of hydrogen-bond acceptors (Lipinski definition) is 6. The normalized spacial score (nSPS) is 16.8. The van der Waals surface area contributed by atoms with Crippen LogP contribution >= 0.6 is 15.9 Å². The zero-order valence-corrected chi connectivity index (χ0v) is 16.4. The fraction of sp³-hybridized carbons (Fsp3) is 0.250. The molecule has 0 bridgehead atoms. The summed E-state index contributed by atoms with van der Waals surface area (Å²) >= 11 is 3.50. The summed E-state index contributed by atoms with van der Waals surface area (Å²) in [7, 11) is 0. The molecular formula is C20H16BrN3O4. The van der Waals surface area contributed by atoms with E-state index in [-0.39, 0.29) is 24.3 Å². The lowest BCUT2D eigenvalue weighted by Gasteiger charge is -2.25. The third-order valence-corrected chi connectivity index (χ3v) is 5.28. The topological polar surface area (TPSA) is 75.5 Å². The van der Waals surface area contributed by atoms with Crippen LogP contribution in [0.5, 0.6) is 17.5 Å². The Bertz CT molecular complexity index is 1110. The van der Waals surface area contributed by atoms with Crippen molar-refractivity contribution in [3.8, 4) is 28.8 Å². The number of hydrogen-bond donors (Lipinski definition) is 0. The zero-order valence-electron chi connectivity index (χ0n) is 14.8. The summed E-state index contributed by atoms with van der Waals surface area (Å²) in [6, 6.07) is 11.5. The van der Waals surface area contributed by atoms with Crippen molar-refractivity contribution < 1.29 is 14.2 Å². The molecule has 4 heterocycles. The summed E-state index contributed by atoms with van der Waals surface area (Å²) in [5.74, 6) is 1.35. The Morgan fingerprint density at radius 3 is 3.14 bits per heavy atom. The van der Waals surface area contributed by atoms with Gasteiger partial charge in [0.25, 0.3) is 5.88 Å². The molecular weight excluding hydrogens is 426 g/mol. The van der Waals surface area contributed by atoms with Gasteiger partial charge in [-0.15, -0.1) is 0 Å². The predicted octanol–water partition coefficient (Wildman–Crippen LogP) is 2.84. The van der Waals surface area contributed by atoms with Crippen LogP contribution in [0.4, 0.5) is 0 Å². The van der Waals surface area contributed by atoms with Gasteiger partial charge in [0.15, 0.2) is 11.9 Å². The molecule has 0 aliphatic carbocycles. The van der Waals surface area contributed by atoms with Crippen molar-refractivity contribution in [1.29, 1.82) is 0 Å². The van der Waals surface area contributed by atoms with Crippen LogP contribution < -0.4 is 19.9 Å². The van der Waals surface area contributed by atoms with Crippen LogP contribution in [0.2, 0.25) is 0 Å². The minimum Gasteiger partial charge on any atom is -0.478 e. The molecule has 1 aromatic carbocycles. The number of pyridine rings is 1. The zero-order chi connectivity index (χ0) is 19.1. The summed E-state index contributed by atoms with van der Waals surface area (Å²) < 4.78 is 19.9. The summed E-state index contributed by atoms with van der Waals surface area (Å²) in [6.07, 6.45) is 2.14. The molecule has 2 aliphatic rings. The molecule has 0 spiro atoms. The highest BCUT2D eigenvalue weighted by Gasteiger charge is 2.24. The minimum absolute atomic E-state index is 0.220. The summed E-state index contributed by atoms with van der Waals surface area (Å²) in [5, 5.41) is 0. The SMILES string of the molecule is O=c1nc(OC[C@@H]2COc3ncccc3O2)cc2n1CCc1cc(Br)ccc1-2. The summed E-state index contributed by atoms with van der Waals surface area (Å²) in [6.45, 7) is 1.15. The maximum absolute atomic E-state index is 12.5. The van der Waals surface area contributed by atoms with E-state index in [0.717, 1.165) is 22.2 Å². The molecule has 7 nitrogen and oxygen atoms in total. The van der Waals surface area contributed by atoms with Gasteiger partial charge in [0.2, 0.25) is 5.88 Å². The van der Waals surface area contributed by atoms with Crippen LogP contribution in [-0.4, -0.2) is 33.9 Å². The molecule has 0 saturated carbocycles. The molecule has 0 N–H and O–H groups in total. The maximum atomic E-state index is 12.5. The van der Waals surface area contributed by atoms with E-state index < -0.39 is 0 Å². The van der Waals surface area contributed by atoms with E-state index in [0.29, 0.717) is 24.8 Å². The molecule has 0 unspecified atom stereocenters. The lowest BCUT2D eigenvalue weighted by atomic mass is 9.98. The summed E-state index contributed by atoms with van der Waals surface area (Å²) in [4.78, 5) is 20.7. The number of rotatable bonds is 3. The Balaban J connectivity index is 1.38. The third-order valence-electron chi connectivity index (χ3n) is 4.79. The second-order valence-corrected chi connectivity index (χ2v) is 7.55. The average molecular weight is 442 g/mol. The van der Waals surface area contributed by atoms with Crippen LogP contribution in [0, 0.1) is 0 Å². The first kappa shape index (κ1) is 17.2. The monoisotopic (exact) mass is 441 g/mol. The van der Waals surface area contributed by atoms with E-state index in [1.165, 1.54) is 5.56 Å². The van der Waals surface area contributed by atoms with E-state index in [2.05, 4.69) is 32.0 Å². The molecule has 0 fully saturated rings. The highest BCUT2D eigenvalue weighted by atomic mass is 79.9. The second-order valence-electron chi connectivity index (χ2n) is 6.63. The van der Waals surface area contributed by atoms with Crippen LogP contribution in [0.3, 0.4) is 0 Å². The molecule has 0 radical (unpaired) electrons. The molecule has 0 saturated heterocycles. The van der Waals surface area contributed by atoms with Gasteiger partial charge >= 0.3 is 5.69 Å². The minimum atomic E-state index is -0.309. The third kappa shape index (κ3) is 3.13. The van der Waals surface area contributed by atoms with Crippen molar-refractivity contribution in [3.05, 3.63) is 63.1 Å². The van der Waals surface area contributed by atoms with Gasteiger partial charge < -0.3 is 14.2 Å². The molecule has 5 rings (SSSR count). The number of aryl methyl sites for hydroxylation is 1. The Kier molecular flexibility index (Phi) is 4.27. The van der Waals surface area contributed by atoms with Gasteiger partial charge in [0.1, 0.15) is 13.2 Å². The molecule has 2 aliphatic heterocycles. The number of halogens is 1. The Morgan fingerprint density at radius 1 is 1.29 bits per heavy atom. The average Bonchev–Trinajstić information content (AvgIpc) is 2.71. The predicted molar refractivity (Wildman–Crippen MR) is 105 cm³/mol. The van der Waals surface area contributed by atoms with Crippen molar-refractivity contribution in [3.63, 3.8) is 0 Å². The van der Waals surface area contributed by atoms with Crippen LogP contribution in [0.1, 0.15) is 5.56 Å². The number of benzene rings is 1. The quantitative estimate of drug-likeness (QED) is 0.621. The van der Waals surface area contributed by atoms with Crippen molar-refractivity contribution in [2.24, 2.45) is 0 Å². The molecule has 2 aromatic heterocycles. The van der Waals surface area contributed by atoms with Crippen LogP contribution in [0.15, 0.2) is 51.9 Å². The van der Waals surface area contributed by atoms with Gasteiger partial charge in [-0.2, -0.15) is 4.98 Å². The van der Waals surface area contributed by atoms with Crippen LogP contribution in [-0.2, 0) is 13.0 Å². The Hall–Kier alpha value is -2.87. The Morgan fingerprint density at radius 2 is 2.21 bits per heavy atom. The second kappa shape index (κ2) is 6.94. The lowest BCUT2D eigenvalue weighted by molar-refractivity contribution is 0.0486. The fourth-order valence-electron chi connectivity index (χ4n) is 3.47. The molecule has 0 amide bonds. The van der Waals surface area contributed by atoms with Gasteiger partial charge in [0.05, 0.1) is 5.69 Å². The first-order valence-corrected chi connectivity index (χ1v) is 9.74. The first-order chi connectivity index (χ1) is 13.7. The molecule has 3 aromatic rings. The highest BCUT2D eigenvalue weighted by Crippen LogP contribution is 2.32. The standard InChI is InChI=1S/C20H16BrN3O4/c21-13-3-4-15-12(8-13)5-7-24-16(15)9-18(23-20(24)25)26-10-14-11-27-19-17(28-14)2-1-6-22-19/h1-4,6,8-9,14H,5,7,10-11H2/t14-/m1/s1. The molecule has 1 atom stereocenters. The Labute approximate surface area is 169 Å². The number of nitrogens with zero attached hydrogens (tertiary/aromatic N) is 3. The largest absolute Gasteiger partial charge is 0.478 e. The molecule has 142 valence electrons. The first-order valence-electron chi connectivity index (χ1n) is 8.95. The van der Waals surface area contributed by atoms with Gasteiger partial charge in [0, 0.05) is 28.8 Å². The van der Waals surface area contributed by atoms with Gasteiger partial charge in [-0.1, -0.05) is 22.0 Å². The van der Waals surface area contributed by atoms with Crippen LogP contribution in [0.25, 0.3) is 11.3 Å². The highest BCUT2D eigenvalue weighted by molar-refractivity contribution is 9.10. The number of fused-ring (bicyclic) bond motifs is 4. The van der Waals surface area contributed by atoms with E-state index >= 15 is 0 Å². The van der Waals surface area contributed by atoms with Crippen molar-refractivity contribution in [1.82, 2.24) is 14.5 Å². The van der Waals surface area contributed by atoms with Gasteiger partial charge in [-0.25, -0.2) is 9.78 Å². The fourth-order valence-corrected chi connectivity index (χ4v) is 3.88. The number of ether oxygens (including phenoxy) is 3. The van der Waals surface area contributed by atoms with Crippen molar-refractivity contribution in [2.75, 3.05) is 13.2 Å². The van der Waals surface area contributed by atoms with Crippen molar-refractivity contribution >= 4 is 15.9 Å². The lowest BCUT2D eigenvalue weighted by Crippen LogP contribution is -2.35. The van der Waals surface area contributed by atoms with Gasteiger partial charge in [-0.3, -0.25) is 4.57 Å². The summed E-state index contributed by atoms with van der Waals surface area (Å²) in [5.41, 5.74) is 2.73. The van der Waals surface area contributed by atoms with E-state index in [1.54, 1.807) is 22.9 Å². The van der Waals surface area contributed by atoms with Crippen molar-refractivity contribution in [2.45, 2.75) is 19.1 Å². The molecule has 28 heavy (non-hydrogen) atoms. The maximum Gasteiger partial charge on any atom is 0.351 e. The van der Waals surface area contributed by atoms with Gasteiger partial charge in [-0.05, 0) is 36.2 Å². The van der Waals surface area contributed by atoms with E-state index in [4.69, 9.17) is 14.2 Å². The van der Waals surface area contributed by atoms with E-state index in [9.17, 15) is 4.79 Å². The molecule has 8 heteroatoms. The van der Waals surface area contributed by atoms with E-state index in [1.807, 2.05) is 18.2 Å². The smallest absolute Gasteiger partial charge is 0.351 e. The number of aromatic nitrogens is 3.